The third kappa shape index (κ3) is 6.45. The molecule has 1 fully saturated rings. The van der Waals surface area contributed by atoms with E-state index in [2.05, 4.69) is 40.2 Å². The number of nitrogens with zero attached hydrogens (tertiary/aromatic N) is 3. The van der Waals surface area contributed by atoms with Crippen LogP contribution in [-0.4, -0.2) is 35.9 Å². The highest BCUT2D eigenvalue weighted by Crippen LogP contribution is 2.32. The third-order valence-electron chi connectivity index (χ3n) is 5.54. The van der Waals surface area contributed by atoms with Crippen LogP contribution >= 0.6 is 0 Å². The summed E-state index contributed by atoms with van der Waals surface area (Å²) in [6, 6.07) is 12.7. The van der Waals surface area contributed by atoms with Crippen LogP contribution in [-0.2, 0) is 4.74 Å². The van der Waals surface area contributed by atoms with Crippen molar-refractivity contribution in [1.29, 1.82) is 5.26 Å². The van der Waals surface area contributed by atoms with Gasteiger partial charge in [0.15, 0.2) is 0 Å². The van der Waals surface area contributed by atoms with E-state index in [1.54, 1.807) is 6.20 Å². The molecule has 0 unspecified atom stereocenters. The van der Waals surface area contributed by atoms with Gasteiger partial charge in [-0.1, -0.05) is 12.1 Å². The lowest BCUT2D eigenvalue weighted by Crippen LogP contribution is -2.32. The molecule has 0 spiro atoms. The summed E-state index contributed by atoms with van der Waals surface area (Å²) in [5.41, 5.74) is 2.87. The Kier molecular flexibility index (Phi) is 7.23. The maximum Gasteiger partial charge on any atom is 0.232 e. The Morgan fingerprint density at radius 1 is 1.00 bits per heavy atom. The van der Waals surface area contributed by atoms with E-state index in [4.69, 9.17) is 9.47 Å². The van der Waals surface area contributed by atoms with Crippen molar-refractivity contribution in [2.75, 3.05) is 24.6 Å². The number of hydrogen-bond acceptors (Lipinski definition) is 5. The molecule has 1 aromatic carbocycles. The van der Waals surface area contributed by atoms with Crippen LogP contribution in [0.2, 0.25) is 0 Å². The van der Waals surface area contributed by atoms with Crippen molar-refractivity contribution < 1.29 is 9.47 Å². The lowest BCUT2D eigenvalue weighted by Gasteiger charge is -2.29. The first kappa shape index (κ1) is 23.1. The zero-order chi connectivity index (χ0) is 22.5. The second-order valence-corrected chi connectivity index (χ2v) is 9.82. The molecule has 0 radical (unpaired) electrons. The number of pyridine rings is 1. The Morgan fingerprint density at radius 3 is 2.29 bits per heavy atom. The molecule has 166 valence electrons. The molecule has 0 saturated carbocycles. The predicted octanol–water partition coefficient (Wildman–Crippen LogP) is 5.97. The second kappa shape index (κ2) is 9.70. The Hall–Kier alpha value is -2.58. The Labute approximate surface area is 187 Å². The first-order valence-corrected chi connectivity index (χ1v) is 11.3. The van der Waals surface area contributed by atoms with Crippen molar-refractivity contribution in [1.82, 2.24) is 4.98 Å². The van der Waals surface area contributed by atoms with Crippen molar-refractivity contribution in [3.63, 3.8) is 0 Å². The van der Waals surface area contributed by atoms with Gasteiger partial charge in [0.05, 0.1) is 12.2 Å². The number of nitriles is 1. The molecule has 31 heavy (non-hydrogen) atoms. The van der Waals surface area contributed by atoms with Gasteiger partial charge < -0.3 is 14.4 Å². The fraction of sp³-hybridized carbons (Fsp3) is 0.538. The average Bonchev–Trinajstić information content (AvgIpc) is 2.73. The number of anilines is 1. The molecular weight excluding hydrogens is 386 g/mol. The molecule has 5 nitrogen and oxygen atoms in total. The summed E-state index contributed by atoms with van der Waals surface area (Å²) in [6.07, 6.45) is 6.24. The lowest BCUT2D eigenvalue weighted by molar-refractivity contribution is -0.0300. The molecule has 1 aliphatic heterocycles. The topological polar surface area (TPSA) is 58.4 Å². The molecule has 2 aromatic rings. The van der Waals surface area contributed by atoms with E-state index >= 15 is 0 Å². The van der Waals surface area contributed by atoms with Gasteiger partial charge in [0.25, 0.3) is 0 Å². The standard InChI is InChI=1S/C26H35N3O2/c1-25(2,3)30-18-14-26(4,5)31-24-23(19-27)22(13-15-28-24)20-9-11-21(12-10-20)29-16-7-6-8-17-29/h9-13,15H,6-8,14,16-18H2,1-5H3. The van der Waals surface area contributed by atoms with Crippen LogP contribution in [0.4, 0.5) is 5.69 Å². The largest absolute Gasteiger partial charge is 0.471 e. The van der Waals surface area contributed by atoms with Gasteiger partial charge in [0, 0.05) is 37.0 Å². The van der Waals surface area contributed by atoms with Gasteiger partial charge in [-0.3, -0.25) is 0 Å². The van der Waals surface area contributed by atoms with Crippen LogP contribution in [0.15, 0.2) is 36.5 Å². The minimum atomic E-state index is -0.499. The van der Waals surface area contributed by atoms with Gasteiger partial charge in [0.2, 0.25) is 5.88 Å². The minimum absolute atomic E-state index is 0.188. The number of hydrogen-bond donors (Lipinski definition) is 0. The third-order valence-corrected chi connectivity index (χ3v) is 5.54. The lowest BCUT2D eigenvalue weighted by atomic mass is 10.0. The number of ether oxygens (including phenoxy) is 2. The molecule has 2 heterocycles. The highest BCUT2D eigenvalue weighted by atomic mass is 16.5. The number of rotatable bonds is 7. The van der Waals surface area contributed by atoms with Gasteiger partial charge in [-0.25, -0.2) is 4.98 Å². The monoisotopic (exact) mass is 421 g/mol. The van der Waals surface area contributed by atoms with E-state index in [1.165, 1.54) is 24.9 Å². The van der Waals surface area contributed by atoms with Crippen LogP contribution in [0.5, 0.6) is 5.88 Å². The zero-order valence-electron chi connectivity index (χ0n) is 19.6. The predicted molar refractivity (Wildman–Crippen MR) is 125 cm³/mol. The molecule has 0 bridgehead atoms. The Morgan fingerprint density at radius 2 is 1.68 bits per heavy atom. The van der Waals surface area contributed by atoms with Crippen LogP contribution < -0.4 is 9.64 Å². The normalized spacial score (nSPS) is 14.9. The van der Waals surface area contributed by atoms with E-state index in [0.717, 1.165) is 24.2 Å². The summed E-state index contributed by atoms with van der Waals surface area (Å²) in [5, 5.41) is 9.90. The molecule has 1 saturated heterocycles. The summed E-state index contributed by atoms with van der Waals surface area (Å²) < 4.78 is 12.0. The van der Waals surface area contributed by atoms with Gasteiger partial charge in [-0.15, -0.1) is 0 Å². The molecule has 0 aliphatic carbocycles. The van der Waals surface area contributed by atoms with Crippen LogP contribution in [0.3, 0.4) is 0 Å². The zero-order valence-corrected chi connectivity index (χ0v) is 19.6. The quantitative estimate of drug-likeness (QED) is 0.551. The highest BCUT2D eigenvalue weighted by Gasteiger charge is 2.25. The van der Waals surface area contributed by atoms with Gasteiger partial charge in [-0.05, 0) is 77.6 Å². The summed E-state index contributed by atoms with van der Waals surface area (Å²) in [4.78, 5) is 6.81. The molecule has 0 atom stereocenters. The second-order valence-electron chi connectivity index (χ2n) is 9.82. The van der Waals surface area contributed by atoms with Crippen LogP contribution in [0, 0.1) is 11.3 Å². The van der Waals surface area contributed by atoms with Crippen molar-refractivity contribution in [2.24, 2.45) is 0 Å². The summed E-state index contributed by atoms with van der Waals surface area (Å²) in [7, 11) is 0. The number of aromatic nitrogens is 1. The van der Waals surface area contributed by atoms with Gasteiger partial charge >= 0.3 is 0 Å². The van der Waals surface area contributed by atoms with Crippen LogP contribution in [0.25, 0.3) is 11.1 Å². The van der Waals surface area contributed by atoms with E-state index in [1.807, 2.05) is 40.7 Å². The average molecular weight is 422 g/mol. The summed E-state index contributed by atoms with van der Waals surface area (Å²) in [6.45, 7) is 12.9. The first-order chi connectivity index (χ1) is 14.7. The SMILES string of the molecule is CC(C)(C)OCCC(C)(C)Oc1nccc(-c2ccc(N3CCCCC3)cc2)c1C#N. The molecule has 1 aliphatic rings. The maximum absolute atomic E-state index is 9.90. The smallest absolute Gasteiger partial charge is 0.232 e. The van der Waals surface area contributed by atoms with Gasteiger partial charge in [0.1, 0.15) is 17.2 Å². The summed E-state index contributed by atoms with van der Waals surface area (Å²) >= 11 is 0. The van der Waals surface area contributed by atoms with E-state index in [9.17, 15) is 5.26 Å². The molecule has 0 N–H and O–H groups in total. The van der Waals surface area contributed by atoms with Crippen molar-refractivity contribution in [3.8, 4) is 23.1 Å². The fourth-order valence-corrected chi connectivity index (χ4v) is 3.79. The van der Waals surface area contributed by atoms with Crippen LogP contribution in [0.1, 0.15) is 65.9 Å². The fourth-order valence-electron chi connectivity index (χ4n) is 3.79. The maximum atomic E-state index is 9.90. The molecule has 1 aromatic heterocycles. The Balaban J connectivity index is 1.77. The highest BCUT2D eigenvalue weighted by molar-refractivity contribution is 5.73. The van der Waals surface area contributed by atoms with E-state index in [0.29, 0.717) is 24.5 Å². The number of benzene rings is 1. The van der Waals surface area contributed by atoms with E-state index in [-0.39, 0.29) is 5.60 Å². The van der Waals surface area contributed by atoms with Gasteiger partial charge in [-0.2, -0.15) is 5.26 Å². The summed E-state index contributed by atoms with van der Waals surface area (Å²) in [5.74, 6) is 0.376. The Bertz CT molecular complexity index is 902. The minimum Gasteiger partial charge on any atom is -0.471 e. The molecule has 3 rings (SSSR count). The first-order valence-electron chi connectivity index (χ1n) is 11.3. The van der Waals surface area contributed by atoms with Crippen molar-refractivity contribution in [2.45, 2.75) is 71.5 Å². The number of piperidine rings is 1. The molecular formula is C26H35N3O2. The van der Waals surface area contributed by atoms with Crippen molar-refractivity contribution >= 4 is 5.69 Å². The molecule has 5 heteroatoms. The van der Waals surface area contributed by atoms with E-state index < -0.39 is 5.60 Å². The molecule has 0 amide bonds. The van der Waals surface area contributed by atoms with Crippen molar-refractivity contribution in [3.05, 3.63) is 42.1 Å².